The molecule has 0 bridgehead atoms. The van der Waals surface area contributed by atoms with Gasteiger partial charge in [-0.25, -0.2) is 0 Å². The zero-order chi connectivity index (χ0) is 20.0. The third-order valence-electron chi connectivity index (χ3n) is 6.80. The van der Waals surface area contributed by atoms with E-state index in [1.807, 2.05) is 9.47 Å². The fourth-order valence-corrected chi connectivity index (χ4v) is 4.62. The highest BCUT2D eigenvalue weighted by Crippen LogP contribution is 2.41. The molecule has 2 aliphatic heterocycles. The summed E-state index contributed by atoms with van der Waals surface area (Å²) in [5.74, 6) is 1.90. The van der Waals surface area contributed by atoms with Gasteiger partial charge in [0.25, 0.3) is 11.8 Å². The molecule has 3 aliphatic rings. The van der Waals surface area contributed by atoms with Crippen LogP contribution in [-0.2, 0) is 20.0 Å². The van der Waals surface area contributed by atoms with E-state index in [9.17, 15) is 9.59 Å². The van der Waals surface area contributed by atoms with Crippen LogP contribution in [0.3, 0.4) is 0 Å². The van der Waals surface area contributed by atoms with Crippen molar-refractivity contribution in [2.45, 2.75) is 45.1 Å². The van der Waals surface area contributed by atoms with E-state index in [4.69, 9.17) is 0 Å². The first-order chi connectivity index (χ1) is 14.0. The smallest absolute Gasteiger partial charge is 0.289 e. The average Bonchev–Trinajstić information content (AvgIpc) is 3.32. The maximum absolute atomic E-state index is 12.8. The van der Waals surface area contributed by atoms with E-state index >= 15 is 0 Å². The van der Waals surface area contributed by atoms with E-state index in [1.165, 1.54) is 12.8 Å². The van der Waals surface area contributed by atoms with Crippen molar-refractivity contribution >= 4 is 11.8 Å². The summed E-state index contributed by atoms with van der Waals surface area (Å²) in [7, 11) is 1.79. The Morgan fingerprint density at radius 2 is 2.00 bits per heavy atom. The predicted octanol–water partition coefficient (Wildman–Crippen LogP) is 1.02. The number of piperidine rings is 1. The number of aryl methyl sites for hydroxylation is 2. The molecule has 2 fully saturated rings. The summed E-state index contributed by atoms with van der Waals surface area (Å²) in [5, 5.41) is 15.6. The van der Waals surface area contributed by atoms with Crippen LogP contribution in [0.4, 0.5) is 0 Å². The fourth-order valence-electron chi connectivity index (χ4n) is 4.62. The van der Waals surface area contributed by atoms with Gasteiger partial charge in [-0.05, 0) is 49.5 Å². The molecular weight excluding hydrogens is 370 g/mol. The van der Waals surface area contributed by atoms with Crippen LogP contribution in [0.2, 0.25) is 0 Å². The summed E-state index contributed by atoms with van der Waals surface area (Å²) in [6, 6.07) is 1.77. The zero-order valence-corrected chi connectivity index (χ0v) is 16.8. The first-order valence-corrected chi connectivity index (χ1v) is 10.5. The number of nitrogens with zero attached hydrogens (tertiary/aromatic N) is 6. The third-order valence-corrected chi connectivity index (χ3v) is 6.80. The van der Waals surface area contributed by atoms with Crippen LogP contribution in [0.25, 0.3) is 0 Å². The Hall–Kier alpha value is -2.71. The lowest BCUT2D eigenvalue weighted by molar-refractivity contribution is 0.0456. The molecule has 1 aliphatic carbocycles. The highest BCUT2D eigenvalue weighted by atomic mass is 16.2. The van der Waals surface area contributed by atoms with Gasteiger partial charge in [-0.3, -0.25) is 14.3 Å². The van der Waals surface area contributed by atoms with Crippen molar-refractivity contribution in [3.8, 4) is 0 Å². The Morgan fingerprint density at radius 3 is 2.69 bits per heavy atom. The molecule has 5 rings (SSSR count). The van der Waals surface area contributed by atoms with E-state index in [2.05, 4.69) is 20.6 Å². The molecule has 4 heterocycles. The van der Waals surface area contributed by atoms with Gasteiger partial charge in [-0.1, -0.05) is 0 Å². The Balaban J connectivity index is 1.26. The maximum Gasteiger partial charge on any atom is 0.289 e. The van der Waals surface area contributed by atoms with Crippen LogP contribution in [0.1, 0.15) is 59.0 Å². The lowest BCUT2D eigenvalue weighted by Gasteiger charge is -2.44. The number of fused-ring (bicyclic) bond motifs is 1. The summed E-state index contributed by atoms with van der Waals surface area (Å²) < 4.78 is 3.65. The Labute approximate surface area is 169 Å². The van der Waals surface area contributed by atoms with Crippen LogP contribution in [0.5, 0.6) is 0 Å². The normalized spacial score (nSPS) is 20.5. The second kappa shape index (κ2) is 6.96. The largest absolute Gasteiger partial charge is 0.349 e. The van der Waals surface area contributed by atoms with Gasteiger partial charge < -0.3 is 14.8 Å². The number of hydrogen-bond acceptors (Lipinski definition) is 5. The summed E-state index contributed by atoms with van der Waals surface area (Å²) in [4.78, 5) is 27.3. The van der Waals surface area contributed by atoms with E-state index in [-0.39, 0.29) is 17.2 Å². The van der Waals surface area contributed by atoms with E-state index < -0.39 is 0 Å². The van der Waals surface area contributed by atoms with E-state index in [0.29, 0.717) is 17.4 Å². The van der Waals surface area contributed by atoms with Crippen LogP contribution in [0, 0.1) is 11.3 Å². The summed E-state index contributed by atoms with van der Waals surface area (Å²) in [6.45, 7) is 2.95. The highest BCUT2D eigenvalue weighted by Gasteiger charge is 2.41. The van der Waals surface area contributed by atoms with E-state index in [0.717, 1.165) is 57.7 Å². The van der Waals surface area contributed by atoms with Gasteiger partial charge in [0.15, 0.2) is 0 Å². The molecule has 1 saturated carbocycles. The highest BCUT2D eigenvalue weighted by molar-refractivity contribution is 5.92. The van der Waals surface area contributed by atoms with Crippen molar-refractivity contribution in [3.05, 3.63) is 29.6 Å². The minimum absolute atomic E-state index is 0.0424. The molecule has 1 spiro atoms. The zero-order valence-electron chi connectivity index (χ0n) is 16.8. The second-order valence-electron chi connectivity index (χ2n) is 8.81. The number of rotatable bonds is 4. The number of carbonyl (C=O) groups is 2. The third kappa shape index (κ3) is 3.42. The standard InChI is InChI=1S/C20H27N7O2/c1-25-15(5-9-22-25)19(29)26-10-7-20(8-11-26)6-4-16-23-24-17(27(16)13-20)18(28)21-12-14-2-3-14/h5,9,14H,2-4,6-8,10-13H2,1H3,(H,21,28). The van der Waals surface area contributed by atoms with Crippen molar-refractivity contribution in [1.29, 1.82) is 0 Å². The molecule has 0 atom stereocenters. The molecular formula is C20H27N7O2. The molecule has 0 radical (unpaired) electrons. The fraction of sp³-hybridized carbons (Fsp3) is 0.650. The number of hydrogen-bond donors (Lipinski definition) is 1. The lowest BCUT2D eigenvalue weighted by atomic mass is 9.73. The minimum atomic E-state index is -0.114. The molecule has 29 heavy (non-hydrogen) atoms. The number of aromatic nitrogens is 5. The van der Waals surface area contributed by atoms with Crippen LogP contribution < -0.4 is 5.32 Å². The summed E-state index contributed by atoms with van der Waals surface area (Å²) >= 11 is 0. The van der Waals surface area contributed by atoms with Crippen molar-refractivity contribution in [2.24, 2.45) is 18.4 Å². The van der Waals surface area contributed by atoms with E-state index in [1.54, 1.807) is 24.0 Å². The molecule has 0 unspecified atom stereocenters. The molecule has 2 aromatic rings. The molecule has 9 nitrogen and oxygen atoms in total. The van der Waals surface area contributed by atoms with Gasteiger partial charge in [0.05, 0.1) is 0 Å². The molecule has 2 aromatic heterocycles. The van der Waals surface area contributed by atoms with Crippen LogP contribution in [-0.4, -0.2) is 60.9 Å². The topological polar surface area (TPSA) is 97.9 Å². The predicted molar refractivity (Wildman–Crippen MR) is 104 cm³/mol. The van der Waals surface area contributed by atoms with Gasteiger partial charge >= 0.3 is 0 Å². The maximum atomic E-state index is 12.8. The molecule has 154 valence electrons. The molecule has 0 aromatic carbocycles. The molecule has 2 amide bonds. The van der Waals surface area contributed by atoms with Crippen LogP contribution in [0.15, 0.2) is 12.3 Å². The van der Waals surface area contributed by atoms with Crippen molar-refractivity contribution < 1.29 is 9.59 Å². The number of nitrogens with one attached hydrogen (secondary N) is 1. The van der Waals surface area contributed by atoms with Crippen molar-refractivity contribution in [1.82, 2.24) is 34.8 Å². The van der Waals surface area contributed by atoms with Crippen molar-refractivity contribution in [2.75, 3.05) is 19.6 Å². The van der Waals surface area contributed by atoms with Gasteiger partial charge in [0, 0.05) is 45.8 Å². The molecule has 9 heteroatoms. The Kier molecular flexibility index (Phi) is 4.40. The molecule has 1 N–H and O–H groups in total. The Bertz CT molecular complexity index is 935. The summed E-state index contributed by atoms with van der Waals surface area (Å²) in [6.07, 6.45) is 7.78. The monoisotopic (exact) mass is 397 g/mol. The van der Waals surface area contributed by atoms with Gasteiger partial charge in [0.1, 0.15) is 11.5 Å². The lowest BCUT2D eigenvalue weighted by Crippen LogP contribution is -2.47. The van der Waals surface area contributed by atoms with Gasteiger partial charge in [-0.2, -0.15) is 5.10 Å². The Morgan fingerprint density at radius 1 is 1.21 bits per heavy atom. The number of amides is 2. The minimum Gasteiger partial charge on any atom is -0.349 e. The number of likely N-dealkylation sites (tertiary alicyclic amines) is 1. The SMILES string of the molecule is Cn1nccc1C(=O)N1CCC2(CCc3nnc(C(=O)NCC4CC4)n3C2)CC1. The summed E-state index contributed by atoms with van der Waals surface area (Å²) in [5.41, 5.74) is 0.727. The first kappa shape index (κ1) is 18.3. The quantitative estimate of drug-likeness (QED) is 0.831. The molecule has 1 saturated heterocycles. The van der Waals surface area contributed by atoms with Crippen LogP contribution >= 0.6 is 0 Å². The second-order valence-corrected chi connectivity index (χ2v) is 8.81. The van der Waals surface area contributed by atoms with Crippen molar-refractivity contribution in [3.63, 3.8) is 0 Å². The average molecular weight is 397 g/mol. The van der Waals surface area contributed by atoms with Gasteiger partial charge in [0.2, 0.25) is 5.82 Å². The number of carbonyl (C=O) groups excluding carboxylic acids is 2. The first-order valence-electron chi connectivity index (χ1n) is 10.5. The van der Waals surface area contributed by atoms with Gasteiger partial charge in [-0.15, -0.1) is 10.2 Å².